The van der Waals surface area contributed by atoms with Crippen molar-refractivity contribution < 1.29 is 0 Å². The van der Waals surface area contributed by atoms with Gasteiger partial charge in [-0.1, -0.05) is 169 Å². The third kappa shape index (κ3) is 8.90. The molecular formula is C69H59N9. The van der Waals surface area contributed by atoms with Gasteiger partial charge in [0.2, 0.25) is 0 Å². The standard InChI is InChI=1S/C69H59N9/c1-43(2)46-28-34-55(35-29-46)76-61-25-10-7-22-58(61)70-67(76)52-19-13-16-49(40-52)64-73-65(50-17-14-20-53(41-50)68-71-59-23-8-11-26-62(59)77(68)56-36-30-47(31-37-56)44(3)4)75-66(74-64)51-18-15-21-54(42-51)69-72-60-24-9-12-27-63(60)78(69)57-38-32-48(33-39-57)45(5)6/h7-41,43-45,54H,42H2,1-6H3. The smallest absolute Gasteiger partial charge is 0.164 e. The monoisotopic (exact) mass is 1010 g/mol. The Hall–Kier alpha value is -9.34. The van der Waals surface area contributed by atoms with Gasteiger partial charge in [-0.05, 0) is 131 Å². The zero-order valence-electron chi connectivity index (χ0n) is 44.7. The number of allylic oxidation sites excluding steroid dienone is 4. The summed E-state index contributed by atoms with van der Waals surface area (Å²) in [5.41, 5.74) is 17.6. The molecule has 1 aliphatic carbocycles. The number of rotatable bonds is 12. The normalized spacial score (nSPS) is 13.7. The number of fused-ring (bicyclic) bond motifs is 3. The van der Waals surface area contributed by atoms with E-state index in [4.69, 9.17) is 29.9 Å². The van der Waals surface area contributed by atoms with Crippen LogP contribution in [-0.4, -0.2) is 43.6 Å². The Morgan fingerprint density at radius 3 is 1.21 bits per heavy atom. The first-order valence-corrected chi connectivity index (χ1v) is 27.2. The Kier molecular flexibility index (Phi) is 12.4. The van der Waals surface area contributed by atoms with E-state index in [0.29, 0.717) is 41.6 Å². The maximum absolute atomic E-state index is 5.40. The van der Waals surface area contributed by atoms with E-state index in [1.54, 1.807) is 0 Å². The van der Waals surface area contributed by atoms with Gasteiger partial charge < -0.3 is 0 Å². The van der Waals surface area contributed by atoms with Crippen LogP contribution in [0.2, 0.25) is 0 Å². The molecule has 0 amide bonds. The zero-order valence-corrected chi connectivity index (χ0v) is 44.7. The molecule has 0 spiro atoms. The van der Waals surface area contributed by atoms with Gasteiger partial charge in [0, 0.05) is 45.2 Å². The summed E-state index contributed by atoms with van der Waals surface area (Å²) in [4.78, 5) is 32.1. The summed E-state index contributed by atoms with van der Waals surface area (Å²) in [5.74, 6) is 5.58. The molecule has 0 bridgehead atoms. The first kappa shape index (κ1) is 48.3. The van der Waals surface area contributed by atoms with E-state index in [9.17, 15) is 0 Å². The molecule has 0 saturated carbocycles. The summed E-state index contributed by atoms with van der Waals surface area (Å²) in [7, 11) is 0. The predicted molar refractivity (Wildman–Crippen MR) is 319 cm³/mol. The minimum atomic E-state index is -0.0670. The number of aromatic nitrogens is 9. The van der Waals surface area contributed by atoms with Gasteiger partial charge in [-0.2, -0.15) is 0 Å². The van der Waals surface area contributed by atoms with Crippen molar-refractivity contribution in [3.8, 4) is 62.6 Å². The van der Waals surface area contributed by atoms with Gasteiger partial charge >= 0.3 is 0 Å². The maximum Gasteiger partial charge on any atom is 0.164 e. The van der Waals surface area contributed by atoms with Crippen molar-refractivity contribution in [2.45, 2.75) is 71.6 Å². The highest BCUT2D eigenvalue weighted by Gasteiger charge is 2.26. The van der Waals surface area contributed by atoms with Crippen LogP contribution in [0.15, 0.2) is 212 Å². The highest BCUT2D eigenvalue weighted by molar-refractivity contribution is 5.86. The van der Waals surface area contributed by atoms with Gasteiger partial charge in [0.1, 0.15) is 17.5 Å². The van der Waals surface area contributed by atoms with Gasteiger partial charge in [-0.25, -0.2) is 29.9 Å². The number of hydrogen-bond acceptors (Lipinski definition) is 6. The summed E-state index contributed by atoms with van der Waals surface area (Å²) < 4.78 is 6.83. The summed E-state index contributed by atoms with van der Waals surface area (Å²) in [6.07, 6.45) is 7.17. The van der Waals surface area contributed by atoms with Crippen LogP contribution in [0.25, 0.3) is 101 Å². The van der Waals surface area contributed by atoms with Gasteiger partial charge in [0.15, 0.2) is 17.5 Å². The Morgan fingerprint density at radius 1 is 0.372 bits per heavy atom. The average molecular weight is 1010 g/mol. The van der Waals surface area contributed by atoms with Crippen LogP contribution in [0.4, 0.5) is 0 Å². The molecule has 8 aromatic carbocycles. The Balaban J connectivity index is 0.946. The van der Waals surface area contributed by atoms with Gasteiger partial charge in [-0.15, -0.1) is 0 Å². The number of benzene rings is 8. The fraction of sp³-hybridized carbons (Fsp3) is 0.159. The molecule has 0 radical (unpaired) electrons. The second-order valence-electron chi connectivity index (χ2n) is 21.4. The third-order valence-corrected chi connectivity index (χ3v) is 15.3. The molecule has 0 aliphatic heterocycles. The molecule has 0 N–H and O–H groups in total. The fourth-order valence-electron chi connectivity index (χ4n) is 10.9. The molecule has 1 atom stereocenters. The largest absolute Gasteiger partial charge is 0.296 e. The topological polar surface area (TPSA) is 92.1 Å². The average Bonchev–Trinajstić information content (AvgIpc) is 4.31. The molecular weight excluding hydrogens is 955 g/mol. The molecule has 0 fully saturated rings. The van der Waals surface area contributed by atoms with Crippen LogP contribution in [0, 0.1) is 0 Å². The molecule has 12 aromatic rings. The molecule has 13 rings (SSSR count). The molecule has 4 aromatic heterocycles. The number of para-hydroxylation sites is 6. The van der Waals surface area contributed by atoms with E-state index < -0.39 is 0 Å². The zero-order chi connectivity index (χ0) is 53.0. The van der Waals surface area contributed by atoms with Crippen LogP contribution < -0.4 is 0 Å². The van der Waals surface area contributed by atoms with Gasteiger partial charge in [-0.3, -0.25) is 13.7 Å². The SMILES string of the molecule is CC(C)c1ccc(-n2c(-c3cccc(-c4nc(C5=CC=CC(c6nc7ccccc7n6-c6ccc(C(C)C)cc6)C5)nc(-c5cccc(-c6nc7ccccc7n6-c6ccc(C(C)C)cc6)c5)n4)c3)nc3ccccc32)cc1. The number of nitrogens with zero attached hydrogens (tertiary/aromatic N) is 9. The molecule has 9 heteroatoms. The third-order valence-electron chi connectivity index (χ3n) is 15.3. The van der Waals surface area contributed by atoms with Crippen LogP contribution in [0.1, 0.15) is 100.0 Å². The highest BCUT2D eigenvalue weighted by atomic mass is 15.1. The molecule has 380 valence electrons. The van der Waals surface area contributed by atoms with Crippen LogP contribution >= 0.6 is 0 Å². The number of imidazole rings is 3. The molecule has 9 nitrogen and oxygen atoms in total. The van der Waals surface area contributed by atoms with Crippen molar-refractivity contribution in [3.05, 3.63) is 241 Å². The van der Waals surface area contributed by atoms with Gasteiger partial charge in [0.05, 0.1) is 33.1 Å². The Bertz CT molecular complexity index is 4070. The van der Waals surface area contributed by atoms with Crippen LogP contribution in [0.5, 0.6) is 0 Å². The van der Waals surface area contributed by atoms with Crippen molar-refractivity contribution in [1.82, 2.24) is 43.6 Å². The summed E-state index contributed by atoms with van der Waals surface area (Å²) in [6.45, 7) is 13.4. The van der Waals surface area contributed by atoms with Crippen molar-refractivity contribution in [1.29, 1.82) is 0 Å². The minimum Gasteiger partial charge on any atom is -0.296 e. The van der Waals surface area contributed by atoms with Crippen molar-refractivity contribution >= 4 is 38.7 Å². The molecule has 1 unspecified atom stereocenters. The lowest BCUT2D eigenvalue weighted by Gasteiger charge is -2.20. The second-order valence-corrected chi connectivity index (χ2v) is 21.4. The van der Waals surface area contributed by atoms with E-state index in [1.807, 2.05) is 12.1 Å². The molecule has 78 heavy (non-hydrogen) atoms. The lowest BCUT2D eigenvalue weighted by molar-refractivity contribution is 0.762. The van der Waals surface area contributed by atoms with Gasteiger partial charge in [0.25, 0.3) is 0 Å². The fourth-order valence-corrected chi connectivity index (χ4v) is 10.9. The lowest BCUT2D eigenvalue weighted by atomic mass is 9.92. The van der Waals surface area contributed by atoms with Crippen molar-refractivity contribution in [3.63, 3.8) is 0 Å². The Labute approximate surface area is 455 Å². The second kappa shape index (κ2) is 20.0. The predicted octanol–water partition coefficient (Wildman–Crippen LogP) is 17.1. The highest BCUT2D eigenvalue weighted by Crippen LogP contribution is 2.39. The van der Waals surface area contributed by atoms with Crippen LogP contribution in [0.3, 0.4) is 0 Å². The van der Waals surface area contributed by atoms with E-state index in [2.05, 4.69) is 255 Å². The molecule has 4 heterocycles. The Morgan fingerprint density at radius 2 is 0.756 bits per heavy atom. The lowest BCUT2D eigenvalue weighted by Crippen LogP contribution is -2.11. The molecule has 0 saturated heterocycles. The quantitative estimate of drug-likeness (QED) is 0.121. The van der Waals surface area contributed by atoms with E-state index in [-0.39, 0.29) is 5.92 Å². The summed E-state index contributed by atoms with van der Waals surface area (Å²) >= 11 is 0. The first-order chi connectivity index (χ1) is 38.1. The minimum absolute atomic E-state index is 0.0670. The van der Waals surface area contributed by atoms with E-state index >= 15 is 0 Å². The molecule has 1 aliphatic rings. The number of hydrogen-bond donors (Lipinski definition) is 0. The first-order valence-electron chi connectivity index (χ1n) is 27.2. The maximum atomic E-state index is 5.40. The van der Waals surface area contributed by atoms with Crippen LogP contribution in [-0.2, 0) is 0 Å². The van der Waals surface area contributed by atoms with Crippen molar-refractivity contribution in [2.24, 2.45) is 0 Å². The summed E-state index contributed by atoms with van der Waals surface area (Å²) in [6, 6.07) is 68.6. The van der Waals surface area contributed by atoms with E-state index in [1.165, 1.54) is 16.7 Å². The van der Waals surface area contributed by atoms with E-state index in [0.717, 1.165) is 95.5 Å². The van der Waals surface area contributed by atoms with Crippen molar-refractivity contribution in [2.75, 3.05) is 0 Å². The summed E-state index contributed by atoms with van der Waals surface area (Å²) in [5, 5.41) is 0.